The second kappa shape index (κ2) is 10.4. The fourth-order valence-corrected chi connectivity index (χ4v) is 11.0. The second-order valence-corrected chi connectivity index (χ2v) is 14.7. The SMILES string of the molecule is CO/N=C1\CCC2C3CCc4cc(O)ccc4C3CC[C@]12C.C[C@]12CCC3c4ccc(O)cc4CCC3C1CCC2=O. The van der Waals surface area contributed by atoms with Gasteiger partial charge in [-0.3, -0.25) is 4.79 Å². The molecule has 8 atom stereocenters. The summed E-state index contributed by atoms with van der Waals surface area (Å²) in [6.07, 6.45) is 13.5. The predicted octanol–water partition coefficient (Wildman–Crippen LogP) is 8.07. The Labute approximate surface area is 250 Å². The minimum absolute atomic E-state index is 0.0322. The highest BCUT2D eigenvalue weighted by Gasteiger charge is 2.55. The number of aromatic hydroxyl groups is 2. The summed E-state index contributed by atoms with van der Waals surface area (Å²) >= 11 is 0. The van der Waals surface area contributed by atoms with Crippen molar-refractivity contribution in [2.24, 2.45) is 39.7 Å². The second-order valence-electron chi connectivity index (χ2n) is 14.7. The highest BCUT2D eigenvalue weighted by atomic mass is 16.6. The number of nitrogens with zero attached hydrogens (tertiary/aromatic N) is 1. The molecule has 0 spiro atoms. The van der Waals surface area contributed by atoms with Crippen molar-refractivity contribution in [3.63, 3.8) is 0 Å². The third-order valence-electron chi connectivity index (χ3n) is 13.1. The standard InChI is InChI=1S/C19H25NO2.C18H22O2/c1-19-10-9-15-14-6-4-13(21)11-12(14)3-5-16(15)17(19)7-8-18(19)20-22-2;1-18-9-8-14-13-5-3-12(19)10-11(13)2-4-15(14)16(18)6-7-17(18)20/h4,6,11,15-17,21H,3,5,7-10H2,1-2H3;3,5,10,14-16,19H,2,4,6-9H2,1H3/b20-18+;/t15?,16?,17?,19-;14?,15?,16?,18-/m00/s1. The van der Waals surface area contributed by atoms with Gasteiger partial charge < -0.3 is 15.1 Å². The summed E-state index contributed by atoms with van der Waals surface area (Å²) in [6, 6.07) is 11.9. The van der Waals surface area contributed by atoms with Crippen LogP contribution in [0.2, 0.25) is 0 Å². The van der Waals surface area contributed by atoms with Crippen LogP contribution < -0.4 is 0 Å². The number of ketones is 1. The van der Waals surface area contributed by atoms with Gasteiger partial charge in [0.1, 0.15) is 24.4 Å². The number of hydrogen-bond acceptors (Lipinski definition) is 5. The molecule has 4 saturated carbocycles. The van der Waals surface area contributed by atoms with Crippen molar-refractivity contribution in [1.82, 2.24) is 0 Å². The molecule has 6 aliphatic carbocycles. The Morgan fingerprint density at radius 3 is 1.81 bits per heavy atom. The first-order valence-electron chi connectivity index (χ1n) is 16.5. The Kier molecular flexibility index (Phi) is 6.94. The first kappa shape index (κ1) is 28.0. The summed E-state index contributed by atoms with van der Waals surface area (Å²) < 4.78 is 0. The molecule has 224 valence electrons. The number of Topliss-reactive ketones (excluding diaryl/α,β-unsaturated/α-hetero) is 1. The van der Waals surface area contributed by atoms with Crippen LogP contribution in [0.5, 0.6) is 11.5 Å². The Morgan fingerprint density at radius 1 is 0.714 bits per heavy atom. The fraction of sp³-hybridized carbons (Fsp3) is 0.622. The molecule has 42 heavy (non-hydrogen) atoms. The van der Waals surface area contributed by atoms with Crippen molar-refractivity contribution in [3.05, 3.63) is 58.7 Å². The van der Waals surface area contributed by atoms with E-state index in [1.807, 2.05) is 24.3 Å². The quantitative estimate of drug-likeness (QED) is 0.341. The third-order valence-corrected chi connectivity index (χ3v) is 13.1. The van der Waals surface area contributed by atoms with Crippen molar-refractivity contribution in [3.8, 4) is 11.5 Å². The number of rotatable bonds is 1. The lowest BCUT2D eigenvalue weighted by Gasteiger charge is -2.49. The summed E-state index contributed by atoms with van der Waals surface area (Å²) in [4.78, 5) is 17.4. The van der Waals surface area contributed by atoms with Gasteiger partial charge in [-0.25, -0.2) is 0 Å². The third kappa shape index (κ3) is 4.32. The van der Waals surface area contributed by atoms with E-state index in [1.165, 1.54) is 60.1 Å². The molecule has 0 saturated heterocycles. The van der Waals surface area contributed by atoms with Crippen LogP contribution in [0.3, 0.4) is 0 Å². The van der Waals surface area contributed by atoms with Crippen LogP contribution in [0.15, 0.2) is 41.6 Å². The van der Waals surface area contributed by atoms with Crippen molar-refractivity contribution in [1.29, 1.82) is 0 Å². The molecule has 4 fully saturated rings. The molecule has 2 aromatic rings. The number of carbonyl (C=O) groups is 1. The van der Waals surface area contributed by atoms with E-state index in [1.54, 1.807) is 7.11 Å². The maximum absolute atomic E-state index is 12.3. The molecule has 2 N–H and O–H groups in total. The highest BCUT2D eigenvalue weighted by Crippen LogP contribution is 2.61. The largest absolute Gasteiger partial charge is 0.508 e. The predicted molar refractivity (Wildman–Crippen MR) is 165 cm³/mol. The van der Waals surface area contributed by atoms with Crippen LogP contribution in [0.4, 0.5) is 0 Å². The summed E-state index contributed by atoms with van der Waals surface area (Å²) in [5.74, 6) is 5.37. The lowest BCUT2D eigenvalue weighted by Crippen LogP contribution is -2.42. The Bertz CT molecular complexity index is 1410. The number of carbonyl (C=O) groups excluding carboxylic acids is 1. The van der Waals surface area contributed by atoms with E-state index >= 15 is 0 Å². The number of aryl methyl sites for hydroxylation is 2. The monoisotopic (exact) mass is 569 g/mol. The lowest BCUT2D eigenvalue weighted by molar-refractivity contribution is -0.129. The Balaban J connectivity index is 0.000000138. The average Bonchev–Trinajstić information content (AvgIpc) is 3.48. The molecular formula is C37H47NO4. The molecule has 2 aromatic carbocycles. The van der Waals surface area contributed by atoms with Gasteiger partial charge in [-0.05, 0) is 153 Å². The van der Waals surface area contributed by atoms with Gasteiger partial charge in [0.25, 0.3) is 0 Å². The zero-order chi connectivity index (χ0) is 29.2. The van der Waals surface area contributed by atoms with Gasteiger partial charge in [0.15, 0.2) is 0 Å². The fourth-order valence-electron chi connectivity index (χ4n) is 11.0. The molecule has 5 nitrogen and oxygen atoms in total. The van der Waals surface area contributed by atoms with Crippen LogP contribution >= 0.6 is 0 Å². The number of hydrogen-bond donors (Lipinski definition) is 2. The number of benzene rings is 2. The molecule has 0 aromatic heterocycles. The Morgan fingerprint density at radius 2 is 1.24 bits per heavy atom. The highest BCUT2D eigenvalue weighted by molar-refractivity contribution is 5.92. The maximum atomic E-state index is 12.3. The van der Waals surface area contributed by atoms with E-state index in [0.717, 1.165) is 56.8 Å². The molecule has 6 aliphatic rings. The maximum Gasteiger partial charge on any atom is 0.139 e. The van der Waals surface area contributed by atoms with Crippen LogP contribution in [-0.2, 0) is 22.5 Å². The average molecular weight is 570 g/mol. The van der Waals surface area contributed by atoms with Gasteiger partial charge in [-0.2, -0.15) is 0 Å². The van der Waals surface area contributed by atoms with E-state index in [2.05, 4.69) is 31.1 Å². The summed E-state index contributed by atoms with van der Waals surface area (Å²) in [7, 11) is 1.67. The van der Waals surface area contributed by atoms with Crippen molar-refractivity contribution < 1.29 is 19.8 Å². The van der Waals surface area contributed by atoms with Crippen molar-refractivity contribution in [2.75, 3.05) is 7.11 Å². The van der Waals surface area contributed by atoms with Crippen molar-refractivity contribution in [2.45, 2.75) is 103 Å². The van der Waals surface area contributed by atoms with Gasteiger partial charge in [0, 0.05) is 17.3 Å². The van der Waals surface area contributed by atoms with Crippen molar-refractivity contribution >= 4 is 11.5 Å². The Hall–Kier alpha value is -2.82. The van der Waals surface area contributed by atoms with Gasteiger partial charge in [0.05, 0.1) is 5.71 Å². The smallest absolute Gasteiger partial charge is 0.139 e. The molecule has 0 aliphatic heterocycles. The van der Waals surface area contributed by atoms with Crippen LogP contribution in [0.25, 0.3) is 0 Å². The molecule has 0 heterocycles. The summed E-state index contributed by atoms with van der Waals surface area (Å²) in [5.41, 5.74) is 7.14. The van der Waals surface area contributed by atoms with E-state index < -0.39 is 0 Å². The number of oxime groups is 1. The van der Waals surface area contributed by atoms with Crippen LogP contribution in [0.1, 0.15) is 112 Å². The molecule has 0 radical (unpaired) electrons. The topological polar surface area (TPSA) is 79.1 Å². The molecule has 0 bridgehead atoms. The zero-order valence-electron chi connectivity index (χ0n) is 25.6. The molecule has 6 unspecified atom stereocenters. The van der Waals surface area contributed by atoms with Gasteiger partial charge >= 0.3 is 0 Å². The van der Waals surface area contributed by atoms with Gasteiger partial charge in [0.2, 0.25) is 0 Å². The minimum Gasteiger partial charge on any atom is -0.508 e. The van der Waals surface area contributed by atoms with Gasteiger partial charge in [-0.1, -0.05) is 31.1 Å². The molecule has 8 rings (SSSR count). The number of fused-ring (bicyclic) bond motifs is 10. The summed E-state index contributed by atoms with van der Waals surface area (Å²) in [5, 5.41) is 23.8. The van der Waals surface area contributed by atoms with E-state index in [4.69, 9.17) is 4.84 Å². The normalized spacial score (nSPS) is 38.6. The summed E-state index contributed by atoms with van der Waals surface area (Å²) in [6.45, 7) is 4.63. The first-order chi connectivity index (χ1) is 20.2. The van der Waals surface area contributed by atoms with Crippen LogP contribution in [-0.4, -0.2) is 28.8 Å². The number of phenols is 2. The minimum atomic E-state index is -0.0322. The lowest BCUT2D eigenvalue weighted by atomic mass is 9.55. The number of phenolic OH excluding ortho intramolecular Hbond substituents is 2. The molecule has 5 heteroatoms. The van der Waals surface area contributed by atoms with E-state index in [9.17, 15) is 15.0 Å². The zero-order valence-corrected chi connectivity index (χ0v) is 25.6. The first-order valence-corrected chi connectivity index (χ1v) is 16.5. The van der Waals surface area contributed by atoms with Crippen LogP contribution in [0, 0.1) is 34.5 Å². The molecular weight excluding hydrogens is 522 g/mol. The molecule has 0 amide bonds. The van der Waals surface area contributed by atoms with Gasteiger partial charge in [-0.15, -0.1) is 0 Å². The van der Waals surface area contributed by atoms with E-state index in [0.29, 0.717) is 41.0 Å². The van der Waals surface area contributed by atoms with E-state index in [-0.39, 0.29) is 10.8 Å².